The minimum atomic E-state index is -0.315. The molecular weight excluding hydrogens is 235 g/mol. The quantitative estimate of drug-likeness (QED) is 0.904. The molecule has 92 valence electrons. The van der Waals surface area contributed by atoms with Crippen LogP contribution < -0.4 is 5.32 Å². The lowest BCUT2D eigenvalue weighted by Crippen LogP contribution is -2.25. The molecule has 1 aromatic carbocycles. The molecule has 0 bridgehead atoms. The van der Waals surface area contributed by atoms with Crippen molar-refractivity contribution < 1.29 is 13.7 Å². The van der Waals surface area contributed by atoms with Gasteiger partial charge in [0.1, 0.15) is 5.82 Å². The Morgan fingerprint density at radius 1 is 1.33 bits per heavy atom. The van der Waals surface area contributed by atoms with Crippen molar-refractivity contribution in [1.82, 2.24) is 10.5 Å². The van der Waals surface area contributed by atoms with Gasteiger partial charge in [-0.1, -0.05) is 5.16 Å². The van der Waals surface area contributed by atoms with Crippen molar-refractivity contribution in [2.75, 3.05) is 0 Å². The fourth-order valence-electron chi connectivity index (χ4n) is 1.62. The van der Waals surface area contributed by atoms with Crippen LogP contribution in [0.4, 0.5) is 4.39 Å². The molecule has 18 heavy (non-hydrogen) atoms. The molecule has 0 unspecified atom stereocenters. The third-order valence-electron chi connectivity index (χ3n) is 2.78. The van der Waals surface area contributed by atoms with Gasteiger partial charge >= 0.3 is 0 Å². The summed E-state index contributed by atoms with van der Waals surface area (Å²) in [6, 6.07) is 7.68. The van der Waals surface area contributed by atoms with E-state index in [1.807, 2.05) is 0 Å². The molecule has 0 spiro atoms. The Kier molecular flexibility index (Phi) is 2.59. The van der Waals surface area contributed by atoms with Crippen LogP contribution in [-0.4, -0.2) is 17.1 Å². The van der Waals surface area contributed by atoms with Gasteiger partial charge in [0.05, 0.1) is 0 Å². The summed E-state index contributed by atoms with van der Waals surface area (Å²) >= 11 is 0. The van der Waals surface area contributed by atoms with E-state index < -0.39 is 0 Å². The Morgan fingerprint density at radius 2 is 2.06 bits per heavy atom. The minimum absolute atomic E-state index is 0.227. The molecule has 1 aliphatic carbocycles. The normalized spacial score (nSPS) is 14.5. The molecule has 0 atom stereocenters. The standard InChI is InChI=1S/C13H11FN2O2/c14-9-3-1-8(2-4-9)12-7-11(16-18-12)13(17)15-10-5-6-10/h1-4,7,10H,5-6H2,(H,15,17). The highest BCUT2D eigenvalue weighted by Crippen LogP contribution is 2.22. The summed E-state index contributed by atoms with van der Waals surface area (Å²) in [7, 11) is 0. The largest absolute Gasteiger partial charge is 0.355 e. The van der Waals surface area contributed by atoms with E-state index in [4.69, 9.17) is 4.52 Å². The average Bonchev–Trinajstić information content (AvgIpc) is 3.04. The number of halogens is 1. The summed E-state index contributed by atoms with van der Waals surface area (Å²) < 4.78 is 17.9. The fraction of sp³-hybridized carbons (Fsp3) is 0.231. The van der Waals surface area contributed by atoms with Crippen LogP contribution in [0.5, 0.6) is 0 Å². The maximum absolute atomic E-state index is 12.8. The van der Waals surface area contributed by atoms with Crippen LogP contribution >= 0.6 is 0 Å². The molecular formula is C13H11FN2O2. The van der Waals surface area contributed by atoms with E-state index in [0.29, 0.717) is 11.3 Å². The number of amides is 1. The van der Waals surface area contributed by atoms with E-state index in [-0.39, 0.29) is 23.5 Å². The highest BCUT2D eigenvalue weighted by molar-refractivity contribution is 5.93. The zero-order valence-electron chi connectivity index (χ0n) is 9.52. The van der Waals surface area contributed by atoms with Crippen LogP contribution in [-0.2, 0) is 0 Å². The highest BCUT2D eigenvalue weighted by atomic mass is 19.1. The van der Waals surface area contributed by atoms with E-state index in [0.717, 1.165) is 12.8 Å². The smallest absolute Gasteiger partial charge is 0.273 e. The molecule has 1 saturated carbocycles. The molecule has 1 aliphatic rings. The van der Waals surface area contributed by atoms with E-state index in [9.17, 15) is 9.18 Å². The topological polar surface area (TPSA) is 55.1 Å². The van der Waals surface area contributed by atoms with Crippen LogP contribution in [0, 0.1) is 5.82 Å². The molecule has 1 fully saturated rings. The van der Waals surface area contributed by atoms with Gasteiger partial charge in [-0.15, -0.1) is 0 Å². The Balaban J connectivity index is 1.79. The molecule has 3 rings (SSSR count). The highest BCUT2D eigenvalue weighted by Gasteiger charge is 2.25. The Morgan fingerprint density at radius 3 is 2.72 bits per heavy atom. The molecule has 1 heterocycles. The maximum atomic E-state index is 12.8. The van der Waals surface area contributed by atoms with E-state index >= 15 is 0 Å². The number of aromatic nitrogens is 1. The van der Waals surface area contributed by atoms with Gasteiger partial charge in [0, 0.05) is 17.7 Å². The van der Waals surface area contributed by atoms with Gasteiger partial charge in [-0.2, -0.15) is 0 Å². The third kappa shape index (κ3) is 2.25. The van der Waals surface area contributed by atoms with Crippen molar-refractivity contribution >= 4 is 5.91 Å². The minimum Gasteiger partial charge on any atom is -0.355 e. The molecule has 4 nitrogen and oxygen atoms in total. The number of benzene rings is 1. The number of hydrogen-bond donors (Lipinski definition) is 1. The van der Waals surface area contributed by atoms with Crippen molar-refractivity contribution in [3.63, 3.8) is 0 Å². The van der Waals surface area contributed by atoms with Gasteiger partial charge in [-0.25, -0.2) is 4.39 Å². The second-order valence-corrected chi connectivity index (χ2v) is 4.33. The van der Waals surface area contributed by atoms with Crippen molar-refractivity contribution in [3.8, 4) is 11.3 Å². The number of nitrogens with one attached hydrogen (secondary N) is 1. The van der Waals surface area contributed by atoms with Crippen molar-refractivity contribution in [1.29, 1.82) is 0 Å². The first-order valence-electron chi connectivity index (χ1n) is 5.76. The van der Waals surface area contributed by atoms with E-state index in [1.54, 1.807) is 18.2 Å². The Bertz CT molecular complexity index is 573. The summed E-state index contributed by atoms with van der Waals surface area (Å²) in [5, 5.41) is 6.54. The number of hydrogen-bond acceptors (Lipinski definition) is 3. The van der Waals surface area contributed by atoms with Crippen LogP contribution in [0.15, 0.2) is 34.9 Å². The summed E-state index contributed by atoms with van der Waals surface area (Å²) in [6.07, 6.45) is 2.04. The van der Waals surface area contributed by atoms with Crippen LogP contribution in [0.2, 0.25) is 0 Å². The number of nitrogens with zero attached hydrogens (tertiary/aromatic N) is 1. The van der Waals surface area contributed by atoms with Crippen LogP contribution in [0.1, 0.15) is 23.3 Å². The maximum Gasteiger partial charge on any atom is 0.273 e. The van der Waals surface area contributed by atoms with Gasteiger partial charge in [0.15, 0.2) is 11.5 Å². The monoisotopic (exact) mass is 246 g/mol. The van der Waals surface area contributed by atoms with E-state index in [2.05, 4.69) is 10.5 Å². The predicted molar refractivity (Wildman–Crippen MR) is 62.4 cm³/mol. The molecule has 0 saturated heterocycles. The molecule has 1 aromatic heterocycles. The van der Waals surface area contributed by atoms with Crippen molar-refractivity contribution in [2.45, 2.75) is 18.9 Å². The zero-order valence-corrected chi connectivity index (χ0v) is 9.52. The lowest BCUT2D eigenvalue weighted by molar-refractivity contribution is 0.0942. The Labute approximate surface area is 103 Å². The SMILES string of the molecule is O=C(NC1CC1)c1cc(-c2ccc(F)cc2)on1. The van der Waals surface area contributed by atoms with Gasteiger partial charge in [0.2, 0.25) is 0 Å². The fourth-order valence-corrected chi connectivity index (χ4v) is 1.62. The molecule has 1 N–H and O–H groups in total. The van der Waals surface area contributed by atoms with E-state index in [1.165, 1.54) is 12.1 Å². The summed E-state index contributed by atoms with van der Waals surface area (Å²) in [5.74, 6) is -0.0875. The molecule has 1 amide bonds. The van der Waals surface area contributed by atoms with Crippen molar-refractivity contribution in [3.05, 3.63) is 41.8 Å². The number of rotatable bonds is 3. The third-order valence-corrected chi connectivity index (χ3v) is 2.78. The first-order chi connectivity index (χ1) is 8.72. The van der Waals surface area contributed by atoms with Gasteiger partial charge < -0.3 is 9.84 Å². The first kappa shape index (κ1) is 11.0. The summed E-state index contributed by atoms with van der Waals surface area (Å²) in [4.78, 5) is 11.7. The van der Waals surface area contributed by atoms with Gasteiger partial charge in [-0.05, 0) is 37.1 Å². The lowest BCUT2D eigenvalue weighted by atomic mass is 10.1. The van der Waals surface area contributed by atoms with Crippen molar-refractivity contribution in [2.24, 2.45) is 0 Å². The van der Waals surface area contributed by atoms with Crippen LogP contribution in [0.25, 0.3) is 11.3 Å². The van der Waals surface area contributed by atoms with Gasteiger partial charge in [0.25, 0.3) is 5.91 Å². The Hall–Kier alpha value is -2.17. The first-order valence-corrected chi connectivity index (χ1v) is 5.76. The summed E-state index contributed by atoms with van der Waals surface area (Å²) in [5.41, 5.74) is 0.940. The number of carbonyl (C=O) groups excluding carboxylic acids is 1. The molecule has 0 radical (unpaired) electrons. The molecule has 2 aromatic rings. The predicted octanol–water partition coefficient (Wildman–Crippen LogP) is 2.37. The average molecular weight is 246 g/mol. The lowest BCUT2D eigenvalue weighted by Gasteiger charge is -1.96. The molecule has 5 heteroatoms. The second-order valence-electron chi connectivity index (χ2n) is 4.33. The molecule has 0 aliphatic heterocycles. The van der Waals surface area contributed by atoms with Gasteiger partial charge in [-0.3, -0.25) is 4.79 Å². The van der Waals surface area contributed by atoms with Crippen LogP contribution in [0.3, 0.4) is 0 Å². The summed E-state index contributed by atoms with van der Waals surface area (Å²) in [6.45, 7) is 0. The number of carbonyl (C=O) groups is 1. The zero-order chi connectivity index (χ0) is 12.5. The second kappa shape index (κ2) is 4.25.